The Balaban J connectivity index is 1.43. The van der Waals surface area contributed by atoms with Crippen molar-refractivity contribution in [1.29, 1.82) is 0 Å². The van der Waals surface area contributed by atoms with Gasteiger partial charge in [0.15, 0.2) is 0 Å². The van der Waals surface area contributed by atoms with Crippen LogP contribution in [0.2, 0.25) is 0 Å². The number of rotatable bonds is 4. The number of aryl methyl sites for hydroxylation is 1. The predicted molar refractivity (Wildman–Crippen MR) is 98.6 cm³/mol. The lowest BCUT2D eigenvalue weighted by Crippen LogP contribution is -2.50. The van der Waals surface area contributed by atoms with Gasteiger partial charge in [-0.3, -0.25) is 14.6 Å². The number of amides is 2. The van der Waals surface area contributed by atoms with E-state index in [0.29, 0.717) is 25.9 Å². The molecule has 2 fully saturated rings. The number of likely N-dealkylation sites (tertiary alicyclic amines) is 1. The van der Waals surface area contributed by atoms with Crippen molar-refractivity contribution in [3.63, 3.8) is 0 Å². The molecular formula is C20H24N4O2. The fourth-order valence-electron chi connectivity index (χ4n) is 4.23. The third kappa shape index (κ3) is 3.11. The third-order valence-electron chi connectivity index (χ3n) is 5.67. The first-order valence-electron chi connectivity index (χ1n) is 9.30. The Morgan fingerprint density at radius 2 is 2.15 bits per heavy atom. The molecule has 4 rings (SSSR count). The van der Waals surface area contributed by atoms with Crippen molar-refractivity contribution in [1.82, 2.24) is 14.9 Å². The highest BCUT2D eigenvalue weighted by Crippen LogP contribution is 2.41. The molecule has 136 valence electrons. The second kappa shape index (κ2) is 6.94. The minimum absolute atomic E-state index is 0.145. The van der Waals surface area contributed by atoms with E-state index in [-0.39, 0.29) is 11.8 Å². The van der Waals surface area contributed by atoms with Crippen molar-refractivity contribution in [2.75, 3.05) is 24.5 Å². The topological polar surface area (TPSA) is 69.3 Å². The van der Waals surface area contributed by atoms with Crippen molar-refractivity contribution >= 4 is 17.5 Å². The van der Waals surface area contributed by atoms with Crippen LogP contribution in [0.15, 0.2) is 42.9 Å². The molecular weight excluding hydrogens is 328 g/mol. The lowest BCUT2D eigenvalue weighted by atomic mass is 9.78. The first-order chi connectivity index (χ1) is 12.7. The van der Waals surface area contributed by atoms with Crippen LogP contribution in [0.3, 0.4) is 0 Å². The summed E-state index contributed by atoms with van der Waals surface area (Å²) in [6, 6.07) is 7.72. The Labute approximate surface area is 153 Å². The van der Waals surface area contributed by atoms with Crippen LogP contribution in [0.5, 0.6) is 0 Å². The van der Waals surface area contributed by atoms with Crippen LogP contribution in [0, 0.1) is 5.41 Å². The highest BCUT2D eigenvalue weighted by atomic mass is 16.2. The molecule has 2 aromatic rings. The number of aromatic nitrogens is 2. The maximum Gasteiger partial charge on any atom is 0.235 e. The van der Waals surface area contributed by atoms with Crippen LogP contribution in [0.4, 0.5) is 5.69 Å². The maximum absolute atomic E-state index is 13.2. The lowest BCUT2D eigenvalue weighted by Gasteiger charge is -2.39. The number of carbonyl (C=O) groups is 2. The van der Waals surface area contributed by atoms with Gasteiger partial charge in [0.1, 0.15) is 0 Å². The largest absolute Gasteiger partial charge is 0.365 e. The Kier molecular flexibility index (Phi) is 4.49. The summed E-state index contributed by atoms with van der Waals surface area (Å²) < 4.78 is 0. The van der Waals surface area contributed by atoms with E-state index in [1.165, 1.54) is 0 Å². The molecule has 1 unspecified atom stereocenters. The molecule has 26 heavy (non-hydrogen) atoms. The van der Waals surface area contributed by atoms with Gasteiger partial charge < -0.3 is 14.8 Å². The van der Waals surface area contributed by atoms with Gasteiger partial charge in [-0.15, -0.1) is 0 Å². The minimum Gasteiger partial charge on any atom is -0.365 e. The Hall–Kier alpha value is -2.63. The van der Waals surface area contributed by atoms with Gasteiger partial charge in [0.05, 0.1) is 17.3 Å². The summed E-state index contributed by atoms with van der Waals surface area (Å²) in [4.78, 5) is 36.8. The maximum atomic E-state index is 13.2. The summed E-state index contributed by atoms with van der Waals surface area (Å²) in [5.41, 5.74) is 1.50. The van der Waals surface area contributed by atoms with Gasteiger partial charge in [0.25, 0.3) is 0 Å². The average Bonchev–Trinajstić information content (AvgIpc) is 3.30. The number of nitrogens with one attached hydrogen (secondary N) is 1. The highest BCUT2D eigenvalue weighted by Gasteiger charge is 2.49. The highest BCUT2D eigenvalue weighted by molar-refractivity contribution is 6.00. The summed E-state index contributed by atoms with van der Waals surface area (Å²) in [6.07, 6.45) is 9.08. The Bertz CT molecular complexity index is 774. The molecule has 2 aromatic heterocycles. The van der Waals surface area contributed by atoms with E-state index in [0.717, 1.165) is 37.2 Å². The molecule has 2 aliphatic heterocycles. The van der Waals surface area contributed by atoms with Crippen molar-refractivity contribution in [3.05, 3.63) is 48.5 Å². The normalized spacial score (nSPS) is 23.0. The summed E-state index contributed by atoms with van der Waals surface area (Å²) >= 11 is 0. The molecule has 0 aromatic carbocycles. The molecule has 0 aliphatic carbocycles. The number of hydrogen-bond acceptors (Lipinski definition) is 3. The van der Waals surface area contributed by atoms with Crippen molar-refractivity contribution in [2.24, 2.45) is 5.41 Å². The predicted octanol–water partition coefficient (Wildman–Crippen LogP) is 2.39. The van der Waals surface area contributed by atoms with E-state index in [2.05, 4.69) is 9.97 Å². The van der Waals surface area contributed by atoms with E-state index < -0.39 is 5.41 Å². The number of piperidine rings is 1. The molecule has 2 aliphatic rings. The van der Waals surface area contributed by atoms with Crippen molar-refractivity contribution in [2.45, 2.75) is 32.1 Å². The van der Waals surface area contributed by atoms with Crippen LogP contribution >= 0.6 is 0 Å². The summed E-state index contributed by atoms with van der Waals surface area (Å²) in [6.45, 7) is 2.01. The molecule has 2 amide bonds. The third-order valence-corrected chi connectivity index (χ3v) is 5.67. The van der Waals surface area contributed by atoms with Crippen LogP contribution in [0.1, 0.15) is 31.4 Å². The van der Waals surface area contributed by atoms with Gasteiger partial charge in [0, 0.05) is 44.1 Å². The summed E-state index contributed by atoms with van der Waals surface area (Å²) in [7, 11) is 0. The van der Waals surface area contributed by atoms with Crippen LogP contribution in [-0.4, -0.2) is 46.3 Å². The zero-order chi connectivity index (χ0) is 18.0. The number of aromatic amines is 1. The Morgan fingerprint density at radius 1 is 1.23 bits per heavy atom. The smallest absolute Gasteiger partial charge is 0.235 e. The zero-order valence-corrected chi connectivity index (χ0v) is 14.9. The number of H-pyrrole nitrogens is 1. The van der Waals surface area contributed by atoms with Gasteiger partial charge in [0.2, 0.25) is 11.8 Å². The Morgan fingerprint density at radius 3 is 2.92 bits per heavy atom. The van der Waals surface area contributed by atoms with E-state index in [9.17, 15) is 9.59 Å². The lowest BCUT2D eigenvalue weighted by molar-refractivity contribution is -0.138. The quantitative estimate of drug-likeness (QED) is 0.918. The number of anilines is 1. The van der Waals surface area contributed by atoms with Crippen LogP contribution in [0.25, 0.3) is 0 Å². The molecule has 1 spiro atoms. The zero-order valence-electron chi connectivity index (χ0n) is 14.9. The van der Waals surface area contributed by atoms with Crippen LogP contribution in [-0.2, 0) is 16.0 Å². The first kappa shape index (κ1) is 16.8. The van der Waals surface area contributed by atoms with Crippen LogP contribution < -0.4 is 4.90 Å². The van der Waals surface area contributed by atoms with E-state index >= 15 is 0 Å². The van der Waals surface area contributed by atoms with Crippen molar-refractivity contribution < 1.29 is 9.59 Å². The van der Waals surface area contributed by atoms with E-state index in [1.807, 2.05) is 40.3 Å². The van der Waals surface area contributed by atoms with Gasteiger partial charge in [-0.2, -0.15) is 0 Å². The average molecular weight is 352 g/mol. The monoisotopic (exact) mass is 352 g/mol. The summed E-state index contributed by atoms with van der Waals surface area (Å²) in [5.74, 6) is 0.290. The van der Waals surface area contributed by atoms with Gasteiger partial charge in [-0.05, 0) is 49.9 Å². The van der Waals surface area contributed by atoms with E-state index in [4.69, 9.17) is 0 Å². The molecule has 1 atom stereocenters. The molecule has 0 radical (unpaired) electrons. The standard InChI is InChI=1S/C20H24N4O2/c25-18(7-6-16-4-1-11-22-16)23-12-3-8-20(15-23)9-13-24(19(20)26)17-5-2-10-21-14-17/h1-2,4-5,10-11,14,22H,3,6-9,12-13,15H2. The molecule has 2 saturated heterocycles. The number of nitrogens with zero attached hydrogens (tertiary/aromatic N) is 3. The number of hydrogen-bond donors (Lipinski definition) is 1. The second-order valence-corrected chi connectivity index (χ2v) is 7.31. The molecule has 4 heterocycles. The van der Waals surface area contributed by atoms with Crippen molar-refractivity contribution in [3.8, 4) is 0 Å². The molecule has 1 N–H and O–H groups in total. The van der Waals surface area contributed by atoms with E-state index in [1.54, 1.807) is 12.4 Å². The van der Waals surface area contributed by atoms with Gasteiger partial charge in [-0.25, -0.2) is 0 Å². The number of pyridine rings is 1. The number of carbonyl (C=O) groups excluding carboxylic acids is 2. The molecule has 6 nitrogen and oxygen atoms in total. The second-order valence-electron chi connectivity index (χ2n) is 7.31. The van der Waals surface area contributed by atoms with Gasteiger partial charge >= 0.3 is 0 Å². The summed E-state index contributed by atoms with van der Waals surface area (Å²) in [5, 5.41) is 0. The molecule has 0 bridgehead atoms. The SMILES string of the molecule is O=C(CCc1ccc[nH]1)N1CCCC2(CCN(c3cccnc3)C2=O)C1. The molecule has 0 saturated carbocycles. The van der Waals surface area contributed by atoms with Gasteiger partial charge in [-0.1, -0.05) is 0 Å². The fourth-order valence-corrected chi connectivity index (χ4v) is 4.23. The minimum atomic E-state index is -0.420. The first-order valence-corrected chi connectivity index (χ1v) is 9.30. The fraction of sp³-hybridized carbons (Fsp3) is 0.450. The molecule has 6 heteroatoms.